The standard InChI is InChI=1S/C16H20N4O2S2/c21-15(12-1-2-12)17-7-9-22-10-8-18-16(24)20-14-5-3-13(4-6-14)19-11-23/h3-6,12H,1-2,7-10H2,(H,17,21)(H2,18,20,24). The van der Waals surface area contributed by atoms with Crippen LogP contribution in [0.4, 0.5) is 11.4 Å². The third-order valence-electron chi connectivity index (χ3n) is 3.33. The van der Waals surface area contributed by atoms with E-state index in [1.165, 1.54) is 0 Å². The summed E-state index contributed by atoms with van der Waals surface area (Å²) in [5.41, 5.74) is 1.61. The van der Waals surface area contributed by atoms with Crippen molar-refractivity contribution in [2.24, 2.45) is 10.9 Å². The van der Waals surface area contributed by atoms with E-state index in [9.17, 15) is 4.79 Å². The predicted molar refractivity (Wildman–Crippen MR) is 102 cm³/mol. The van der Waals surface area contributed by atoms with E-state index in [1.807, 2.05) is 24.3 Å². The highest BCUT2D eigenvalue weighted by molar-refractivity contribution is 7.80. The van der Waals surface area contributed by atoms with Gasteiger partial charge in [0.05, 0.1) is 24.1 Å². The zero-order chi connectivity index (χ0) is 17.2. The van der Waals surface area contributed by atoms with Crippen LogP contribution < -0.4 is 16.0 Å². The van der Waals surface area contributed by atoms with Gasteiger partial charge in [0.2, 0.25) is 5.91 Å². The Morgan fingerprint density at radius 2 is 1.88 bits per heavy atom. The Bertz CT molecular complexity index is 611. The second kappa shape index (κ2) is 10.1. The highest BCUT2D eigenvalue weighted by Gasteiger charge is 2.28. The second-order valence-electron chi connectivity index (χ2n) is 5.31. The Morgan fingerprint density at radius 3 is 2.50 bits per heavy atom. The van der Waals surface area contributed by atoms with Gasteiger partial charge in [0.15, 0.2) is 5.11 Å². The van der Waals surface area contributed by atoms with Gasteiger partial charge in [0.25, 0.3) is 0 Å². The molecule has 0 heterocycles. The summed E-state index contributed by atoms with van der Waals surface area (Å²) in [4.78, 5) is 15.3. The fourth-order valence-corrected chi connectivity index (χ4v) is 2.25. The van der Waals surface area contributed by atoms with Crippen LogP contribution in [0, 0.1) is 5.92 Å². The van der Waals surface area contributed by atoms with E-state index in [0.29, 0.717) is 31.4 Å². The normalized spacial score (nSPS) is 12.8. The number of ether oxygens (including phenoxy) is 1. The number of aliphatic imine (C=N–C) groups is 1. The van der Waals surface area contributed by atoms with Gasteiger partial charge in [-0.1, -0.05) is 0 Å². The number of carbonyl (C=O) groups is 1. The van der Waals surface area contributed by atoms with Crippen LogP contribution in [0.1, 0.15) is 12.8 Å². The average molecular weight is 364 g/mol. The maximum Gasteiger partial charge on any atom is 0.223 e. The summed E-state index contributed by atoms with van der Waals surface area (Å²) in [6, 6.07) is 7.36. The van der Waals surface area contributed by atoms with Crippen LogP contribution in [-0.4, -0.2) is 42.5 Å². The first-order valence-electron chi connectivity index (χ1n) is 7.77. The quantitative estimate of drug-likeness (QED) is 0.355. The third kappa shape index (κ3) is 7.14. The molecule has 0 spiro atoms. The van der Waals surface area contributed by atoms with Gasteiger partial charge in [-0.05, 0) is 61.5 Å². The highest BCUT2D eigenvalue weighted by atomic mass is 32.1. The molecule has 3 N–H and O–H groups in total. The molecule has 0 unspecified atom stereocenters. The molecule has 0 aromatic heterocycles. The monoisotopic (exact) mass is 364 g/mol. The summed E-state index contributed by atoms with van der Waals surface area (Å²) < 4.78 is 5.43. The minimum atomic E-state index is 0.143. The van der Waals surface area contributed by atoms with Crippen molar-refractivity contribution in [1.82, 2.24) is 10.6 Å². The summed E-state index contributed by atoms with van der Waals surface area (Å²) in [7, 11) is 0. The fourth-order valence-electron chi connectivity index (χ4n) is 1.92. The van der Waals surface area contributed by atoms with Gasteiger partial charge in [0, 0.05) is 24.7 Å². The molecule has 1 aromatic rings. The van der Waals surface area contributed by atoms with Gasteiger partial charge in [-0.2, -0.15) is 4.99 Å². The molecule has 0 aliphatic heterocycles. The van der Waals surface area contributed by atoms with Gasteiger partial charge in [-0.3, -0.25) is 4.79 Å². The van der Waals surface area contributed by atoms with Gasteiger partial charge in [-0.15, -0.1) is 0 Å². The Balaban J connectivity index is 1.51. The molecule has 24 heavy (non-hydrogen) atoms. The number of nitrogens with zero attached hydrogens (tertiary/aromatic N) is 1. The molecule has 1 amide bonds. The smallest absolute Gasteiger partial charge is 0.223 e. The number of carbonyl (C=O) groups excluding carboxylic acids is 1. The number of isothiocyanates is 1. The van der Waals surface area contributed by atoms with Crippen LogP contribution in [0.25, 0.3) is 0 Å². The molecule has 1 aliphatic rings. The summed E-state index contributed by atoms with van der Waals surface area (Å²) in [6.07, 6.45) is 2.03. The number of hydrogen-bond donors (Lipinski definition) is 3. The lowest BCUT2D eigenvalue weighted by molar-refractivity contribution is -0.122. The second-order valence-corrected chi connectivity index (χ2v) is 5.90. The highest BCUT2D eigenvalue weighted by Crippen LogP contribution is 2.28. The van der Waals surface area contributed by atoms with Crippen LogP contribution in [0.5, 0.6) is 0 Å². The molecule has 0 saturated heterocycles. The van der Waals surface area contributed by atoms with Gasteiger partial charge < -0.3 is 20.7 Å². The fraction of sp³-hybridized carbons (Fsp3) is 0.438. The first-order chi connectivity index (χ1) is 11.7. The molecular formula is C16H20N4O2S2. The summed E-state index contributed by atoms with van der Waals surface area (Å²) in [5, 5.41) is 11.8. The van der Waals surface area contributed by atoms with E-state index >= 15 is 0 Å². The predicted octanol–water partition coefficient (Wildman–Crippen LogP) is 2.25. The van der Waals surface area contributed by atoms with E-state index in [0.717, 1.165) is 24.2 Å². The first kappa shape index (κ1) is 18.5. The molecule has 6 nitrogen and oxygen atoms in total. The maximum atomic E-state index is 11.4. The average Bonchev–Trinajstić information content (AvgIpc) is 3.41. The Morgan fingerprint density at radius 1 is 1.21 bits per heavy atom. The van der Waals surface area contributed by atoms with Crippen molar-refractivity contribution in [2.75, 3.05) is 31.6 Å². The summed E-state index contributed by atoms with van der Waals surface area (Å²) >= 11 is 9.76. The van der Waals surface area contributed by atoms with Crippen molar-refractivity contribution in [3.63, 3.8) is 0 Å². The van der Waals surface area contributed by atoms with E-state index in [2.05, 4.69) is 38.3 Å². The van der Waals surface area contributed by atoms with Crippen molar-refractivity contribution in [1.29, 1.82) is 0 Å². The molecule has 1 fully saturated rings. The molecule has 1 aromatic carbocycles. The van der Waals surface area contributed by atoms with Crippen molar-refractivity contribution < 1.29 is 9.53 Å². The zero-order valence-corrected chi connectivity index (χ0v) is 14.8. The van der Waals surface area contributed by atoms with Crippen LogP contribution in [0.15, 0.2) is 29.3 Å². The number of hydrogen-bond acceptors (Lipinski definition) is 5. The van der Waals surface area contributed by atoms with E-state index in [-0.39, 0.29) is 11.8 Å². The summed E-state index contributed by atoms with van der Waals surface area (Å²) in [6.45, 7) is 2.16. The molecule has 2 rings (SSSR count). The van der Waals surface area contributed by atoms with Crippen LogP contribution in [-0.2, 0) is 9.53 Å². The number of anilines is 1. The molecule has 1 aliphatic carbocycles. The van der Waals surface area contributed by atoms with Crippen molar-refractivity contribution >= 4 is 52.0 Å². The molecule has 1 saturated carbocycles. The number of amides is 1. The van der Waals surface area contributed by atoms with Gasteiger partial charge >= 0.3 is 0 Å². The number of benzene rings is 1. The van der Waals surface area contributed by atoms with Crippen molar-refractivity contribution in [3.8, 4) is 0 Å². The van der Waals surface area contributed by atoms with E-state index in [1.54, 1.807) is 0 Å². The van der Waals surface area contributed by atoms with Gasteiger partial charge in [0.1, 0.15) is 0 Å². The molecule has 0 bridgehead atoms. The van der Waals surface area contributed by atoms with Crippen molar-refractivity contribution in [3.05, 3.63) is 24.3 Å². The SMILES string of the molecule is O=C(NCCOCCNC(=S)Nc1ccc(N=C=S)cc1)C1CC1. The molecular weight excluding hydrogens is 344 g/mol. The Hall–Kier alpha value is -1.86. The third-order valence-corrected chi connectivity index (χ3v) is 3.66. The first-order valence-corrected chi connectivity index (χ1v) is 8.59. The minimum absolute atomic E-state index is 0.143. The van der Waals surface area contributed by atoms with E-state index < -0.39 is 0 Å². The van der Waals surface area contributed by atoms with Gasteiger partial charge in [-0.25, -0.2) is 0 Å². The minimum Gasteiger partial charge on any atom is -0.378 e. The molecule has 0 radical (unpaired) electrons. The van der Waals surface area contributed by atoms with Crippen LogP contribution in [0.2, 0.25) is 0 Å². The van der Waals surface area contributed by atoms with Crippen LogP contribution >= 0.6 is 24.4 Å². The van der Waals surface area contributed by atoms with Crippen molar-refractivity contribution in [2.45, 2.75) is 12.8 Å². The van der Waals surface area contributed by atoms with Crippen LogP contribution in [0.3, 0.4) is 0 Å². The lowest BCUT2D eigenvalue weighted by atomic mass is 10.3. The number of rotatable bonds is 9. The number of thiocarbonyl (C=S) groups is 2. The Kier molecular flexibility index (Phi) is 7.77. The number of nitrogens with one attached hydrogen (secondary N) is 3. The molecule has 128 valence electrons. The zero-order valence-electron chi connectivity index (χ0n) is 13.2. The topological polar surface area (TPSA) is 74.8 Å². The van der Waals surface area contributed by atoms with E-state index in [4.69, 9.17) is 17.0 Å². The Labute approximate surface area is 152 Å². The summed E-state index contributed by atoms with van der Waals surface area (Å²) in [5.74, 6) is 0.384. The largest absolute Gasteiger partial charge is 0.378 e. The maximum absolute atomic E-state index is 11.4. The molecule has 8 heteroatoms. The molecule has 0 atom stereocenters. The lowest BCUT2D eigenvalue weighted by Crippen LogP contribution is -2.32. The lowest BCUT2D eigenvalue weighted by Gasteiger charge is -2.11.